The van der Waals surface area contributed by atoms with Crippen LogP contribution >= 0.6 is 0 Å². The van der Waals surface area contributed by atoms with E-state index in [-0.39, 0.29) is 0 Å². The Hall–Kier alpha value is -0.0800. The first kappa shape index (κ1) is 13.4. The molecule has 2 rings (SSSR count). The van der Waals surface area contributed by atoms with Crippen molar-refractivity contribution in [3.8, 4) is 0 Å². The first-order valence-corrected chi connectivity index (χ1v) is 7.75. The molecule has 0 aromatic rings. The van der Waals surface area contributed by atoms with Crippen molar-refractivity contribution in [2.24, 2.45) is 5.92 Å². The van der Waals surface area contributed by atoms with Crippen LogP contribution in [0.1, 0.15) is 65.2 Å². The monoisotopic (exact) mass is 238 g/mol. The van der Waals surface area contributed by atoms with Gasteiger partial charge in [0.25, 0.3) is 0 Å². The van der Waals surface area contributed by atoms with E-state index < -0.39 is 0 Å². The van der Waals surface area contributed by atoms with E-state index in [1.165, 1.54) is 57.9 Å². The van der Waals surface area contributed by atoms with Gasteiger partial charge < -0.3 is 10.6 Å². The first-order valence-electron chi connectivity index (χ1n) is 7.75. The minimum Gasteiger partial charge on any atom is -0.314 e. The van der Waals surface area contributed by atoms with E-state index in [9.17, 15) is 0 Å². The van der Waals surface area contributed by atoms with Crippen molar-refractivity contribution in [1.82, 2.24) is 10.6 Å². The topological polar surface area (TPSA) is 24.1 Å². The number of rotatable bonds is 5. The van der Waals surface area contributed by atoms with Gasteiger partial charge in [0.05, 0.1) is 0 Å². The highest BCUT2D eigenvalue weighted by atomic mass is 15.0. The van der Waals surface area contributed by atoms with E-state index in [4.69, 9.17) is 0 Å². The molecule has 1 aliphatic heterocycles. The molecule has 100 valence electrons. The molecule has 1 aliphatic carbocycles. The molecular formula is C15H30N2. The van der Waals surface area contributed by atoms with E-state index >= 15 is 0 Å². The maximum atomic E-state index is 3.83. The molecule has 0 spiro atoms. The largest absolute Gasteiger partial charge is 0.314 e. The van der Waals surface area contributed by atoms with Crippen LogP contribution in [-0.2, 0) is 0 Å². The zero-order valence-electron chi connectivity index (χ0n) is 11.7. The summed E-state index contributed by atoms with van der Waals surface area (Å²) in [6.45, 7) is 5.98. The zero-order chi connectivity index (χ0) is 12.1. The summed E-state index contributed by atoms with van der Waals surface area (Å²) >= 11 is 0. The molecule has 1 saturated carbocycles. The molecule has 2 nitrogen and oxygen atoms in total. The van der Waals surface area contributed by atoms with Crippen LogP contribution in [0.25, 0.3) is 0 Å². The van der Waals surface area contributed by atoms with Crippen molar-refractivity contribution < 1.29 is 0 Å². The van der Waals surface area contributed by atoms with E-state index in [0.717, 1.165) is 18.0 Å². The van der Waals surface area contributed by atoms with Crippen molar-refractivity contribution in [2.75, 3.05) is 6.54 Å². The smallest absolute Gasteiger partial charge is 0.00817 e. The van der Waals surface area contributed by atoms with Gasteiger partial charge in [-0.25, -0.2) is 0 Å². The van der Waals surface area contributed by atoms with Crippen molar-refractivity contribution in [2.45, 2.75) is 83.3 Å². The highest BCUT2D eigenvalue weighted by Gasteiger charge is 2.23. The molecule has 0 amide bonds. The average Bonchev–Trinajstić information content (AvgIpc) is 2.83. The molecule has 0 radical (unpaired) electrons. The molecule has 2 fully saturated rings. The maximum absolute atomic E-state index is 3.83. The molecule has 3 unspecified atom stereocenters. The second kappa shape index (κ2) is 6.75. The summed E-state index contributed by atoms with van der Waals surface area (Å²) in [6.07, 6.45) is 11.3. The lowest BCUT2D eigenvalue weighted by Gasteiger charge is -2.30. The van der Waals surface area contributed by atoms with Gasteiger partial charge in [-0.15, -0.1) is 0 Å². The third-order valence-electron chi connectivity index (χ3n) is 4.70. The number of hydrogen-bond acceptors (Lipinski definition) is 2. The van der Waals surface area contributed by atoms with Gasteiger partial charge in [0.1, 0.15) is 0 Å². The Morgan fingerprint density at radius 2 is 1.76 bits per heavy atom. The van der Waals surface area contributed by atoms with Gasteiger partial charge in [-0.05, 0) is 58.4 Å². The van der Waals surface area contributed by atoms with Crippen molar-refractivity contribution in [3.63, 3.8) is 0 Å². The Morgan fingerprint density at radius 3 is 2.41 bits per heavy atom. The summed E-state index contributed by atoms with van der Waals surface area (Å²) in [4.78, 5) is 0. The second-order valence-electron chi connectivity index (χ2n) is 6.28. The summed E-state index contributed by atoms with van der Waals surface area (Å²) in [5, 5.41) is 7.48. The molecule has 17 heavy (non-hydrogen) atoms. The summed E-state index contributed by atoms with van der Waals surface area (Å²) in [7, 11) is 0. The van der Waals surface area contributed by atoms with Gasteiger partial charge in [0, 0.05) is 18.1 Å². The minimum atomic E-state index is 0.668. The maximum Gasteiger partial charge on any atom is 0.00817 e. The van der Waals surface area contributed by atoms with E-state index in [2.05, 4.69) is 24.5 Å². The molecule has 0 aromatic heterocycles. The number of hydrogen-bond donors (Lipinski definition) is 2. The van der Waals surface area contributed by atoms with Crippen LogP contribution in [0.3, 0.4) is 0 Å². The second-order valence-corrected chi connectivity index (χ2v) is 6.28. The zero-order valence-corrected chi connectivity index (χ0v) is 11.7. The van der Waals surface area contributed by atoms with Crippen LogP contribution in [0.5, 0.6) is 0 Å². The quantitative estimate of drug-likeness (QED) is 0.769. The lowest BCUT2D eigenvalue weighted by atomic mass is 9.95. The molecule has 1 heterocycles. The number of nitrogens with one attached hydrogen (secondary N) is 2. The summed E-state index contributed by atoms with van der Waals surface area (Å²) in [6, 6.07) is 2.15. The Balaban J connectivity index is 1.66. The van der Waals surface area contributed by atoms with Crippen molar-refractivity contribution in [3.05, 3.63) is 0 Å². The van der Waals surface area contributed by atoms with Crippen LogP contribution in [0.4, 0.5) is 0 Å². The Labute approximate surface area is 107 Å². The van der Waals surface area contributed by atoms with Crippen LogP contribution < -0.4 is 10.6 Å². The van der Waals surface area contributed by atoms with Gasteiger partial charge in [-0.2, -0.15) is 0 Å². The fraction of sp³-hybridized carbons (Fsp3) is 1.00. The molecule has 0 aromatic carbocycles. The Kier molecular flexibility index (Phi) is 5.30. The van der Waals surface area contributed by atoms with E-state index in [0.29, 0.717) is 6.04 Å². The molecule has 2 heteroatoms. The highest BCUT2D eigenvalue weighted by molar-refractivity contribution is 4.82. The fourth-order valence-corrected chi connectivity index (χ4v) is 3.66. The predicted molar refractivity (Wildman–Crippen MR) is 74.3 cm³/mol. The van der Waals surface area contributed by atoms with Crippen molar-refractivity contribution >= 4 is 0 Å². The normalized spacial score (nSPS) is 30.4. The minimum absolute atomic E-state index is 0.668. The molecule has 2 N–H and O–H groups in total. The average molecular weight is 238 g/mol. The van der Waals surface area contributed by atoms with Gasteiger partial charge in [0.2, 0.25) is 0 Å². The summed E-state index contributed by atoms with van der Waals surface area (Å²) in [5.41, 5.74) is 0. The molecule has 1 saturated heterocycles. The lowest BCUT2D eigenvalue weighted by molar-refractivity contribution is 0.300. The third kappa shape index (κ3) is 4.26. The van der Waals surface area contributed by atoms with Crippen LogP contribution in [0.2, 0.25) is 0 Å². The van der Waals surface area contributed by atoms with Gasteiger partial charge in [-0.1, -0.05) is 19.3 Å². The first-order chi connectivity index (χ1) is 8.25. The van der Waals surface area contributed by atoms with Crippen LogP contribution in [-0.4, -0.2) is 24.7 Å². The summed E-state index contributed by atoms with van der Waals surface area (Å²) < 4.78 is 0. The number of piperidine rings is 1. The Bertz CT molecular complexity index is 205. The SMILES string of the molecule is CC(CC1CCCCN1)NC(C)C1CCCC1. The van der Waals surface area contributed by atoms with Crippen LogP contribution in [0, 0.1) is 5.92 Å². The molecule has 2 aliphatic rings. The van der Waals surface area contributed by atoms with Crippen LogP contribution in [0.15, 0.2) is 0 Å². The van der Waals surface area contributed by atoms with Gasteiger partial charge in [0.15, 0.2) is 0 Å². The standard InChI is InChI=1S/C15H30N2/c1-12(11-15-9-5-6-10-16-15)17-13(2)14-7-3-4-8-14/h12-17H,3-11H2,1-2H3. The highest BCUT2D eigenvalue weighted by Crippen LogP contribution is 2.27. The van der Waals surface area contributed by atoms with E-state index in [1.54, 1.807) is 0 Å². The van der Waals surface area contributed by atoms with Gasteiger partial charge >= 0.3 is 0 Å². The van der Waals surface area contributed by atoms with Crippen molar-refractivity contribution in [1.29, 1.82) is 0 Å². The van der Waals surface area contributed by atoms with Gasteiger partial charge in [-0.3, -0.25) is 0 Å². The summed E-state index contributed by atoms with van der Waals surface area (Å²) in [5.74, 6) is 0.941. The Morgan fingerprint density at radius 1 is 1.06 bits per heavy atom. The third-order valence-corrected chi connectivity index (χ3v) is 4.70. The van der Waals surface area contributed by atoms with E-state index in [1.807, 2.05) is 0 Å². The molecular weight excluding hydrogens is 208 g/mol. The fourth-order valence-electron chi connectivity index (χ4n) is 3.66. The lowest BCUT2D eigenvalue weighted by Crippen LogP contribution is -2.44. The predicted octanol–water partition coefficient (Wildman–Crippen LogP) is 3.08. The molecule has 3 atom stereocenters. The molecule has 0 bridgehead atoms.